The minimum absolute atomic E-state index is 0.995. The van der Waals surface area contributed by atoms with Crippen molar-refractivity contribution < 1.29 is 0 Å². The maximum Gasteiger partial charge on any atom is -0.0314 e. The van der Waals surface area contributed by atoms with Crippen LogP contribution in [0.3, 0.4) is 0 Å². The van der Waals surface area contributed by atoms with Crippen molar-refractivity contribution in [3.63, 3.8) is 0 Å². The predicted molar refractivity (Wildman–Crippen MR) is 50.5 cm³/mol. The van der Waals surface area contributed by atoms with E-state index >= 15 is 0 Å². The van der Waals surface area contributed by atoms with E-state index in [1.807, 2.05) is 6.08 Å². The van der Waals surface area contributed by atoms with E-state index in [-0.39, 0.29) is 0 Å². The summed E-state index contributed by atoms with van der Waals surface area (Å²) in [5.41, 5.74) is 1.33. The van der Waals surface area contributed by atoms with E-state index in [2.05, 4.69) is 26.5 Å². The molecule has 0 bridgehead atoms. The van der Waals surface area contributed by atoms with Crippen LogP contribution in [-0.4, -0.2) is 0 Å². The van der Waals surface area contributed by atoms with Crippen LogP contribution in [0.25, 0.3) is 0 Å². The van der Waals surface area contributed by atoms with E-state index in [1.54, 1.807) is 0 Å². The quantitative estimate of drug-likeness (QED) is 0.537. The lowest BCUT2D eigenvalue weighted by Gasteiger charge is -1.92. The van der Waals surface area contributed by atoms with E-state index in [4.69, 9.17) is 0 Å². The van der Waals surface area contributed by atoms with Crippen molar-refractivity contribution in [3.05, 3.63) is 24.3 Å². The van der Waals surface area contributed by atoms with E-state index in [9.17, 15) is 0 Å². The third-order valence-electron chi connectivity index (χ3n) is 2.66. The molecule has 1 rings (SSSR count). The molecule has 0 radical (unpaired) electrons. The highest BCUT2D eigenvalue weighted by molar-refractivity contribution is 5.13. The minimum atomic E-state index is 0.995. The molecule has 1 fully saturated rings. The van der Waals surface area contributed by atoms with Crippen LogP contribution in [0.15, 0.2) is 24.3 Å². The normalized spacial score (nSPS) is 30.2. The molecule has 0 heterocycles. The van der Waals surface area contributed by atoms with Crippen molar-refractivity contribution in [2.75, 3.05) is 0 Å². The van der Waals surface area contributed by atoms with Gasteiger partial charge in [-0.1, -0.05) is 37.6 Å². The van der Waals surface area contributed by atoms with E-state index in [1.165, 1.54) is 24.8 Å². The third-order valence-corrected chi connectivity index (χ3v) is 2.66. The molecule has 0 aromatic heterocycles. The molecule has 0 aromatic rings. The molecule has 1 aliphatic rings. The smallest absolute Gasteiger partial charge is 0.0314 e. The number of rotatable bonds is 4. The van der Waals surface area contributed by atoms with E-state index < -0.39 is 0 Å². The summed E-state index contributed by atoms with van der Waals surface area (Å²) in [5.74, 6) is 2.03. The van der Waals surface area contributed by atoms with Crippen molar-refractivity contribution in [2.24, 2.45) is 11.8 Å². The van der Waals surface area contributed by atoms with Crippen LogP contribution >= 0.6 is 0 Å². The summed E-state index contributed by atoms with van der Waals surface area (Å²) < 4.78 is 0. The molecular weight excluding hydrogens is 132 g/mol. The summed E-state index contributed by atoms with van der Waals surface area (Å²) in [7, 11) is 0. The molecule has 62 valence electrons. The lowest BCUT2D eigenvalue weighted by Crippen LogP contribution is -1.78. The highest BCUT2D eigenvalue weighted by Crippen LogP contribution is 2.43. The fourth-order valence-corrected chi connectivity index (χ4v) is 1.52. The van der Waals surface area contributed by atoms with Gasteiger partial charge in [-0.05, 0) is 31.6 Å². The summed E-state index contributed by atoms with van der Waals surface area (Å²) in [4.78, 5) is 0. The van der Waals surface area contributed by atoms with E-state index in [0.717, 1.165) is 11.8 Å². The number of hydrogen-bond acceptors (Lipinski definition) is 0. The first-order valence-corrected chi connectivity index (χ1v) is 4.57. The largest absolute Gasteiger partial charge is 0.0988 e. The zero-order valence-electron chi connectivity index (χ0n) is 7.64. The molecule has 2 atom stereocenters. The zero-order valence-corrected chi connectivity index (χ0v) is 7.64. The predicted octanol–water partition coefficient (Wildman–Crippen LogP) is 3.55. The van der Waals surface area contributed by atoms with Gasteiger partial charge in [0.1, 0.15) is 0 Å². The molecule has 0 nitrogen and oxygen atoms in total. The molecule has 0 spiro atoms. The molecule has 0 amide bonds. The Morgan fingerprint density at radius 3 is 2.73 bits per heavy atom. The topological polar surface area (TPSA) is 0 Å². The zero-order chi connectivity index (χ0) is 8.27. The van der Waals surface area contributed by atoms with Crippen LogP contribution in [0, 0.1) is 11.8 Å². The molecule has 1 saturated carbocycles. The van der Waals surface area contributed by atoms with Crippen molar-refractivity contribution in [2.45, 2.75) is 33.1 Å². The highest BCUT2D eigenvalue weighted by atomic mass is 14.4. The Kier molecular flexibility index (Phi) is 2.92. The molecular formula is C11H18. The van der Waals surface area contributed by atoms with Gasteiger partial charge in [-0.25, -0.2) is 0 Å². The maximum absolute atomic E-state index is 3.73. The summed E-state index contributed by atoms with van der Waals surface area (Å²) >= 11 is 0. The number of hydrogen-bond donors (Lipinski definition) is 0. The molecule has 0 heteroatoms. The van der Waals surface area contributed by atoms with Crippen LogP contribution < -0.4 is 0 Å². The van der Waals surface area contributed by atoms with Gasteiger partial charge in [0.25, 0.3) is 0 Å². The van der Waals surface area contributed by atoms with Crippen molar-refractivity contribution in [3.8, 4) is 0 Å². The summed E-state index contributed by atoms with van der Waals surface area (Å²) in [6, 6.07) is 0. The fraction of sp³-hybridized carbons (Fsp3) is 0.636. The van der Waals surface area contributed by atoms with Crippen LogP contribution in [0.5, 0.6) is 0 Å². The van der Waals surface area contributed by atoms with Gasteiger partial charge in [0.2, 0.25) is 0 Å². The second kappa shape index (κ2) is 3.75. The van der Waals surface area contributed by atoms with Gasteiger partial charge in [0.05, 0.1) is 0 Å². The lowest BCUT2D eigenvalue weighted by atomic mass is 10.1. The van der Waals surface area contributed by atoms with Crippen LogP contribution in [0.4, 0.5) is 0 Å². The Morgan fingerprint density at radius 2 is 2.27 bits per heavy atom. The SMILES string of the molecule is C=CC(C)=CCC1CC1CC. The second-order valence-corrected chi connectivity index (χ2v) is 3.55. The Balaban J connectivity index is 2.19. The minimum Gasteiger partial charge on any atom is -0.0988 e. The van der Waals surface area contributed by atoms with Crippen LogP contribution in [-0.2, 0) is 0 Å². The summed E-state index contributed by atoms with van der Waals surface area (Å²) in [5, 5.41) is 0. The average molecular weight is 150 g/mol. The lowest BCUT2D eigenvalue weighted by molar-refractivity contribution is 0.687. The average Bonchev–Trinajstić information content (AvgIpc) is 2.78. The Morgan fingerprint density at radius 1 is 1.55 bits per heavy atom. The Hall–Kier alpha value is -0.520. The van der Waals surface area contributed by atoms with Crippen molar-refractivity contribution >= 4 is 0 Å². The third kappa shape index (κ3) is 2.53. The molecule has 2 unspecified atom stereocenters. The maximum atomic E-state index is 3.73. The standard InChI is InChI=1S/C11H18/c1-4-9(3)6-7-11-8-10(11)5-2/h4,6,10-11H,1,5,7-8H2,2-3H3. The number of allylic oxidation sites excluding steroid dienone is 3. The fourth-order valence-electron chi connectivity index (χ4n) is 1.52. The van der Waals surface area contributed by atoms with Crippen molar-refractivity contribution in [1.29, 1.82) is 0 Å². The van der Waals surface area contributed by atoms with Gasteiger partial charge in [0, 0.05) is 0 Å². The monoisotopic (exact) mass is 150 g/mol. The molecule has 1 aliphatic carbocycles. The van der Waals surface area contributed by atoms with Gasteiger partial charge in [-0.3, -0.25) is 0 Å². The first-order valence-electron chi connectivity index (χ1n) is 4.57. The van der Waals surface area contributed by atoms with Crippen LogP contribution in [0.2, 0.25) is 0 Å². The Labute approximate surface area is 70.0 Å². The molecule has 0 N–H and O–H groups in total. The second-order valence-electron chi connectivity index (χ2n) is 3.55. The van der Waals surface area contributed by atoms with Gasteiger partial charge in [-0.2, -0.15) is 0 Å². The van der Waals surface area contributed by atoms with Gasteiger partial charge >= 0.3 is 0 Å². The molecule has 0 saturated heterocycles. The summed E-state index contributed by atoms with van der Waals surface area (Å²) in [6.07, 6.45) is 8.34. The Bertz CT molecular complexity index is 165. The van der Waals surface area contributed by atoms with Crippen LogP contribution in [0.1, 0.15) is 33.1 Å². The first-order chi connectivity index (χ1) is 5.27. The van der Waals surface area contributed by atoms with Crippen molar-refractivity contribution in [1.82, 2.24) is 0 Å². The van der Waals surface area contributed by atoms with Gasteiger partial charge < -0.3 is 0 Å². The van der Waals surface area contributed by atoms with Gasteiger partial charge in [0.15, 0.2) is 0 Å². The highest BCUT2D eigenvalue weighted by Gasteiger charge is 2.33. The van der Waals surface area contributed by atoms with E-state index in [0.29, 0.717) is 0 Å². The summed E-state index contributed by atoms with van der Waals surface area (Å²) in [6.45, 7) is 8.14. The molecule has 0 aliphatic heterocycles. The molecule has 0 aromatic carbocycles. The molecule has 11 heavy (non-hydrogen) atoms. The van der Waals surface area contributed by atoms with Gasteiger partial charge in [-0.15, -0.1) is 0 Å². The first kappa shape index (κ1) is 8.58.